The fourth-order valence-electron chi connectivity index (χ4n) is 1.94. The van der Waals surface area contributed by atoms with Crippen molar-refractivity contribution in [2.24, 2.45) is 0 Å². The zero-order valence-electron chi connectivity index (χ0n) is 11.6. The van der Waals surface area contributed by atoms with Gasteiger partial charge >= 0.3 is 0 Å². The van der Waals surface area contributed by atoms with Gasteiger partial charge in [-0.15, -0.1) is 0 Å². The predicted molar refractivity (Wildman–Crippen MR) is 76.8 cm³/mol. The highest BCUT2D eigenvalue weighted by atomic mass is 19.1. The van der Waals surface area contributed by atoms with Gasteiger partial charge in [0.25, 0.3) is 5.91 Å². The summed E-state index contributed by atoms with van der Waals surface area (Å²) < 4.78 is 18.2. The molecule has 0 atom stereocenters. The number of carbonyl (C=O) groups excluding carboxylic acids is 1. The smallest absolute Gasteiger partial charge is 0.256 e. The number of nitriles is 1. The Morgan fingerprint density at radius 3 is 2.67 bits per heavy atom. The normalized spacial score (nSPS) is 9.81. The second-order valence-electron chi connectivity index (χ2n) is 4.44. The third-order valence-corrected chi connectivity index (χ3v) is 3.01. The fourth-order valence-corrected chi connectivity index (χ4v) is 1.94. The summed E-state index contributed by atoms with van der Waals surface area (Å²) in [4.78, 5) is 12.2. The molecule has 2 aromatic carbocycles. The Bertz CT molecular complexity index is 736. The molecule has 4 nitrogen and oxygen atoms in total. The standard InChI is InChI=1S/C16H13FN2O2/c1-10-7-12(17)4-5-13(10)16(20)19-14-6-3-11(9-18)8-15(14)21-2/h3-8H,1-2H3,(H,19,20). The molecule has 21 heavy (non-hydrogen) atoms. The van der Waals surface area contributed by atoms with Crippen LogP contribution < -0.4 is 10.1 Å². The van der Waals surface area contributed by atoms with E-state index >= 15 is 0 Å². The van der Waals surface area contributed by atoms with Crippen molar-refractivity contribution in [2.75, 3.05) is 12.4 Å². The molecule has 0 aliphatic heterocycles. The van der Waals surface area contributed by atoms with E-state index in [0.29, 0.717) is 28.1 Å². The van der Waals surface area contributed by atoms with Gasteiger partial charge in [-0.25, -0.2) is 4.39 Å². The van der Waals surface area contributed by atoms with E-state index in [0.717, 1.165) is 0 Å². The van der Waals surface area contributed by atoms with Crippen LogP contribution in [0.2, 0.25) is 0 Å². The van der Waals surface area contributed by atoms with Crippen molar-refractivity contribution in [1.82, 2.24) is 0 Å². The molecular weight excluding hydrogens is 271 g/mol. The zero-order chi connectivity index (χ0) is 15.4. The summed E-state index contributed by atoms with van der Waals surface area (Å²) in [5.41, 5.74) is 1.80. The van der Waals surface area contributed by atoms with Crippen LogP contribution in [0.15, 0.2) is 36.4 Å². The average Bonchev–Trinajstić information content (AvgIpc) is 2.47. The van der Waals surface area contributed by atoms with Crippen LogP contribution in [-0.2, 0) is 0 Å². The summed E-state index contributed by atoms with van der Waals surface area (Å²) in [7, 11) is 1.45. The Hall–Kier alpha value is -2.87. The Morgan fingerprint density at radius 1 is 1.29 bits per heavy atom. The lowest BCUT2D eigenvalue weighted by Gasteiger charge is -2.11. The molecule has 2 rings (SSSR count). The molecule has 2 aromatic rings. The van der Waals surface area contributed by atoms with Crippen molar-refractivity contribution in [2.45, 2.75) is 6.92 Å². The highest BCUT2D eigenvalue weighted by Gasteiger charge is 2.13. The molecule has 1 amide bonds. The third-order valence-electron chi connectivity index (χ3n) is 3.01. The van der Waals surface area contributed by atoms with Crippen LogP contribution in [-0.4, -0.2) is 13.0 Å². The fraction of sp³-hybridized carbons (Fsp3) is 0.125. The quantitative estimate of drug-likeness (QED) is 0.941. The van der Waals surface area contributed by atoms with Gasteiger partial charge < -0.3 is 10.1 Å². The van der Waals surface area contributed by atoms with Gasteiger partial charge in [0.15, 0.2) is 0 Å². The van der Waals surface area contributed by atoms with E-state index in [4.69, 9.17) is 10.00 Å². The molecule has 0 saturated carbocycles. The molecule has 0 aliphatic rings. The summed E-state index contributed by atoms with van der Waals surface area (Å²) >= 11 is 0. The number of aryl methyl sites for hydroxylation is 1. The van der Waals surface area contributed by atoms with Gasteiger partial charge in [-0.05, 0) is 42.8 Å². The largest absolute Gasteiger partial charge is 0.495 e. The summed E-state index contributed by atoms with van der Waals surface area (Å²) in [6.45, 7) is 1.66. The average molecular weight is 284 g/mol. The van der Waals surface area contributed by atoms with E-state index in [1.54, 1.807) is 19.1 Å². The van der Waals surface area contributed by atoms with E-state index in [-0.39, 0.29) is 11.7 Å². The maximum absolute atomic E-state index is 13.1. The number of hydrogen-bond acceptors (Lipinski definition) is 3. The number of benzene rings is 2. The van der Waals surface area contributed by atoms with Gasteiger partial charge in [-0.3, -0.25) is 4.79 Å². The molecule has 0 aliphatic carbocycles. The lowest BCUT2D eigenvalue weighted by molar-refractivity contribution is 0.102. The van der Waals surface area contributed by atoms with Gasteiger partial charge in [0.2, 0.25) is 0 Å². The molecule has 0 radical (unpaired) electrons. The molecule has 5 heteroatoms. The zero-order valence-corrected chi connectivity index (χ0v) is 11.6. The molecular formula is C16H13FN2O2. The summed E-state index contributed by atoms with van der Waals surface area (Å²) in [5.74, 6) is -0.363. The van der Waals surface area contributed by atoms with Crippen molar-refractivity contribution in [3.8, 4) is 11.8 Å². The first-order chi connectivity index (χ1) is 10.0. The van der Waals surface area contributed by atoms with E-state index in [1.165, 1.54) is 31.4 Å². The van der Waals surface area contributed by atoms with Crippen LogP contribution in [0.1, 0.15) is 21.5 Å². The number of halogens is 1. The predicted octanol–water partition coefficient (Wildman–Crippen LogP) is 3.27. The first-order valence-corrected chi connectivity index (χ1v) is 6.21. The molecule has 1 N–H and O–H groups in total. The Morgan fingerprint density at radius 2 is 2.05 bits per heavy atom. The minimum absolute atomic E-state index is 0.365. The first-order valence-electron chi connectivity index (χ1n) is 6.21. The number of ether oxygens (including phenoxy) is 1. The van der Waals surface area contributed by atoms with Crippen LogP contribution in [0.4, 0.5) is 10.1 Å². The van der Waals surface area contributed by atoms with E-state index in [1.807, 2.05) is 6.07 Å². The number of hydrogen-bond donors (Lipinski definition) is 1. The van der Waals surface area contributed by atoms with Gasteiger partial charge in [-0.1, -0.05) is 0 Å². The van der Waals surface area contributed by atoms with Crippen molar-refractivity contribution >= 4 is 11.6 Å². The van der Waals surface area contributed by atoms with Gasteiger partial charge in [0, 0.05) is 11.6 Å². The second-order valence-corrected chi connectivity index (χ2v) is 4.44. The summed E-state index contributed by atoms with van der Waals surface area (Å²) in [6, 6.07) is 10.7. The van der Waals surface area contributed by atoms with Crippen LogP contribution in [0.3, 0.4) is 0 Å². The third kappa shape index (κ3) is 3.18. The molecule has 106 valence electrons. The molecule has 0 bridgehead atoms. The SMILES string of the molecule is COc1cc(C#N)ccc1NC(=O)c1ccc(F)cc1C. The lowest BCUT2D eigenvalue weighted by Crippen LogP contribution is -2.14. The van der Waals surface area contributed by atoms with Gasteiger partial charge in [-0.2, -0.15) is 5.26 Å². The minimum Gasteiger partial charge on any atom is -0.495 e. The number of methoxy groups -OCH3 is 1. The van der Waals surface area contributed by atoms with E-state index in [2.05, 4.69) is 5.32 Å². The monoisotopic (exact) mass is 284 g/mol. The van der Waals surface area contributed by atoms with Crippen molar-refractivity contribution in [3.63, 3.8) is 0 Å². The van der Waals surface area contributed by atoms with Crippen molar-refractivity contribution < 1.29 is 13.9 Å². The number of amides is 1. The van der Waals surface area contributed by atoms with E-state index < -0.39 is 0 Å². The number of rotatable bonds is 3. The molecule has 0 unspecified atom stereocenters. The number of nitrogens with zero attached hydrogens (tertiary/aromatic N) is 1. The summed E-state index contributed by atoms with van der Waals surface area (Å²) in [5, 5.41) is 11.5. The maximum atomic E-state index is 13.1. The Balaban J connectivity index is 2.29. The van der Waals surface area contributed by atoms with Gasteiger partial charge in [0.05, 0.1) is 24.4 Å². The highest BCUT2D eigenvalue weighted by molar-refractivity contribution is 6.06. The molecule has 0 aromatic heterocycles. The number of anilines is 1. The molecule has 0 spiro atoms. The molecule has 0 saturated heterocycles. The summed E-state index contributed by atoms with van der Waals surface area (Å²) in [6.07, 6.45) is 0. The van der Waals surface area contributed by atoms with Crippen LogP contribution >= 0.6 is 0 Å². The lowest BCUT2D eigenvalue weighted by atomic mass is 10.1. The maximum Gasteiger partial charge on any atom is 0.256 e. The second kappa shape index (κ2) is 6.06. The topological polar surface area (TPSA) is 62.1 Å². The highest BCUT2D eigenvalue weighted by Crippen LogP contribution is 2.26. The van der Waals surface area contributed by atoms with Crippen molar-refractivity contribution in [1.29, 1.82) is 5.26 Å². The molecule has 0 fully saturated rings. The number of carbonyl (C=O) groups is 1. The number of nitrogens with one attached hydrogen (secondary N) is 1. The van der Waals surface area contributed by atoms with Crippen LogP contribution in [0, 0.1) is 24.1 Å². The van der Waals surface area contributed by atoms with Crippen molar-refractivity contribution in [3.05, 3.63) is 58.9 Å². The van der Waals surface area contributed by atoms with Crippen LogP contribution in [0.5, 0.6) is 5.75 Å². The van der Waals surface area contributed by atoms with E-state index in [9.17, 15) is 9.18 Å². The van der Waals surface area contributed by atoms with Gasteiger partial charge in [0.1, 0.15) is 11.6 Å². The Kier molecular flexibility index (Phi) is 4.19. The van der Waals surface area contributed by atoms with Crippen LogP contribution in [0.25, 0.3) is 0 Å². The molecule has 0 heterocycles. The minimum atomic E-state index is -0.389. The first kappa shape index (κ1) is 14.5. The Labute approximate surface area is 121 Å².